The lowest BCUT2D eigenvalue weighted by Gasteiger charge is -2.11. The maximum absolute atomic E-state index is 8.96. The Morgan fingerprint density at radius 3 is 2.80 bits per heavy atom. The smallest absolute Gasteiger partial charge is 0.123 e. The zero-order valence-electron chi connectivity index (χ0n) is 10.8. The van der Waals surface area contributed by atoms with Gasteiger partial charge in [-0.05, 0) is 36.4 Å². The molecule has 20 heavy (non-hydrogen) atoms. The molecule has 2 rings (SSSR count). The molecule has 1 N–H and O–H groups in total. The van der Waals surface area contributed by atoms with Gasteiger partial charge in [0.1, 0.15) is 11.8 Å². The summed E-state index contributed by atoms with van der Waals surface area (Å²) in [4.78, 5) is 0. The van der Waals surface area contributed by atoms with Gasteiger partial charge in [0.2, 0.25) is 0 Å². The first-order valence-electron chi connectivity index (χ1n) is 5.90. The molecule has 3 nitrogen and oxygen atoms in total. The van der Waals surface area contributed by atoms with Crippen LogP contribution >= 0.6 is 27.5 Å². The molecule has 0 atom stereocenters. The highest BCUT2D eigenvalue weighted by molar-refractivity contribution is 9.10. The minimum atomic E-state index is 0.456. The van der Waals surface area contributed by atoms with Crippen LogP contribution in [0.2, 0.25) is 5.02 Å². The van der Waals surface area contributed by atoms with E-state index in [4.69, 9.17) is 21.6 Å². The second-order valence-corrected chi connectivity index (χ2v) is 5.44. The van der Waals surface area contributed by atoms with E-state index in [0.29, 0.717) is 17.1 Å². The summed E-state index contributed by atoms with van der Waals surface area (Å²) in [5, 5.41) is 12.7. The van der Waals surface area contributed by atoms with Gasteiger partial charge in [0.15, 0.2) is 0 Å². The predicted molar refractivity (Wildman–Crippen MR) is 84.2 cm³/mol. The Kier molecular flexibility index (Phi) is 4.89. The van der Waals surface area contributed by atoms with Crippen LogP contribution in [-0.2, 0) is 6.54 Å². The highest BCUT2D eigenvalue weighted by Crippen LogP contribution is 2.25. The van der Waals surface area contributed by atoms with E-state index in [-0.39, 0.29) is 0 Å². The lowest BCUT2D eigenvalue weighted by atomic mass is 10.1. The molecule has 0 aliphatic carbocycles. The standard InChI is InChI=1S/C15H12BrClN2O/c1-20-15-5-2-12(16)6-11(15)9-19-13-3-4-14(17)10(7-13)8-18/h2-7,19H,9H2,1H3. The van der Waals surface area contributed by atoms with Crippen LogP contribution < -0.4 is 10.1 Å². The molecule has 0 saturated heterocycles. The van der Waals surface area contributed by atoms with Gasteiger partial charge in [0, 0.05) is 22.3 Å². The van der Waals surface area contributed by atoms with Crippen LogP contribution in [0.1, 0.15) is 11.1 Å². The maximum Gasteiger partial charge on any atom is 0.123 e. The number of halogens is 2. The quantitative estimate of drug-likeness (QED) is 0.876. The van der Waals surface area contributed by atoms with Crippen molar-refractivity contribution in [2.45, 2.75) is 6.54 Å². The molecule has 0 heterocycles. The summed E-state index contributed by atoms with van der Waals surface area (Å²) in [6, 6.07) is 13.2. The van der Waals surface area contributed by atoms with E-state index in [1.807, 2.05) is 24.3 Å². The molecule has 0 unspecified atom stereocenters. The molecule has 5 heteroatoms. The van der Waals surface area contributed by atoms with Crippen LogP contribution in [0.25, 0.3) is 0 Å². The van der Waals surface area contributed by atoms with E-state index < -0.39 is 0 Å². The van der Waals surface area contributed by atoms with Crippen molar-refractivity contribution in [3.05, 3.63) is 57.0 Å². The summed E-state index contributed by atoms with van der Waals surface area (Å²) in [6.45, 7) is 0.592. The van der Waals surface area contributed by atoms with Gasteiger partial charge in [-0.3, -0.25) is 0 Å². The van der Waals surface area contributed by atoms with Gasteiger partial charge in [-0.25, -0.2) is 0 Å². The lowest BCUT2D eigenvalue weighted by Crippen LogP contribution is -2.02. The van der Waals surface area contributed by atoms with Gasteiger partial charge >= 0.3 is 0 Å². The zero-order chi connectivity index (χ0) is 14.5. The van der Waals surface area contributed by atoms with Crippen LogP contribution in [0.3, 0.4) is 0 Å². The molecule has 0 aromatic heterocycles. The fourth-order valence-electron chi connectivity index (χ4n) is 1.80. The Morgan fingerprint density at radius 2 is 2.10 bits per heavy atom. The highest BCUT2D eigenvalue weighted by atomic mass is 79.9. The fraction of sp³-hybridized carbons (Fsp3) is 0.133. The first-order valence-corrected chi connectivity index (χ1v) is 7.07. The van der Waals surface area contributed by atoms with Gasteiger partial charge < -0.3 is 10.1 Å². The van der Waals surface area contributed by atoms with Crippen molar-refractivity contribution in [3.8, 4) is 11.8 Å². The van der Waals surface area contributed by atoms with Crippen molar-refractivity contribution < 1.29 is 4.74 Å². The summed E-state index contributed by atoms with van der Waals surface area (Å²) in [6.07, 6.45) is 0. The van der Waals surface area contributed by atoms with Crippen LogP contribution in [0, 0.1) is 11.3 Å². The summed E-state index contributed by atoms with van der Waals surface area (Å²) in [5.74, 6) is 0.815. The Labute approximate surface area is 131 Å². The van der Waals surface area contributed by atoms with E-state index >= 15 is 0 Å². The van der Waals surface area contributed by atoms with E-state index in [9.17, 15) is 0 Å². The van der Waals surface area contributed by atoms with Crippen molar-refractivity contribution in [1.29, 1.82) is 5.26 Å². The van der Waals surface area contributed by atoms with Gasteiger partial charge in [-0.1, -0.05) is 27.5 Å². The number of nitriles is 1. The van der Waals surface area contributed by atoms with E-state index in [1.165, 1.54) is 0 Å². The van der Waals surface area contributed by atoms with Gasteiger partial charge in [-0.2, -0.15) is 5.26 Å². The molecule has 0 aliphatic rings. The van der Waals surface area contributed by atoms with Crippen LogP contribution in [0.4, 0.5) is 5.69 Å². The second kappa shape index (κ2) is 6.65. The Hall–Kier alpha value is -1.70. The molecule has 102 valence electrons. The number of hydrogen-bond donors (Lipinski definition) is 1. The second-order valence-electron chi connectivity index (χ2n) is 4.12. The summed E-state index contributed by atoms with van der Waals surface area (Å²) < 4.78 is 6.31. The Morgan fingerprint density at radius 1 is 1.30 bits per heavy atom. The van der Waals surface area contributed by atoms with Gasteiger partial charge in [-0.15, -0.1) is 0 Å². The van der Waals surface area contributed by atoms with E-state index in [0.717, 1.165) is 21.5 Å². The normalized spacial score (nSPS) is 9.90. The zero-order valence-corrected chi connectivity index (χ0v) is 13.1. The van der Waals surface area contributed by atoms with Gasteiger partial charge in [0.05, 0.1) is 17.7 Å². The monoisotopic (exact) mass is 350 g/mol. The number of ether oxygens (including phenoxy) is 1. The Bertz CT molecular complexity index is 667. The van der Waals surface area contributed by atoms with Crippen molar-refractivity contribution in [3.63, 3.8) is 0 Å². The maximum atomic E-state index is 8.96. The van der Waals surface area contributed by atoms with Crippen molar-refractivity contribution in [2.75, 3.05) is 12.4 Å². The van der Waals surface area contributed by atoms with Crippen LogP contribution in [0.15, 0.2) is 40.9 Å². The predicted octanol–water partition coefficient (Wildman–Crippen LogP) is 4.59. The minimum absolute atomic E-state index is 0.456. The van der Waals surface area contributed by atoms with E-state index in [2.05, 4.69) is 27.3 Å². The van der Waals surface area contributed by atoms with Crippen LogP contribution in [0.5, 0.6) is 5.75 Å². The third-order valence-corrected chi connectivity index (χ3v) is 3.64. The van der Waals surface area contributed by atoms with E-state index in [1.54, 1.807) is 19.2 Å². The topological polar surface area (TPSA) is 45.0 Å². The lowest BCUT2D eigenvalue weighted by molar-refractivity contribution is 0.410. The minimum Gasteiger partial charge on any atom is -0.496 e. The molecular formula is C15H12BrClN2O. The fourth-order valence-corrected chi connectivity index (χ4v) is 2.37. The van der Waals surface area contributed by atoms with Crippen molar-refractivity contribution >= 4 is 33.2 Å². The molecule has 2 aromatic rings. The average Bonchev–Trinajstić information content (AvgIpc) is 2.46. The highest BCUT2D eigenvalue weighted by Gasteiger charge is 2.05. The molecular weight excluding hydrogens is 340 g/mol. The molecule has 0 amide bonds. The largest absolute Gasteiger partial charge is 0.496 e. The first kappa shape index (κ1) is 14.7. The average molecular weight is 352 g/mol. The molecule has 0 radical (unpaired) electrons. The van der Waals surface area contributed by atoms with Gasteiger partial charge in [0.25, 0.3) is 0 Å². The number of benzene rings is 2. The molecule has 0 spiro atoms. The number of hydrogen-bond acceptors (Lipinski definition) is 3. The molecule has 0 aliphatic heterocycles. The molecule has 0 fully saturated rings. The first-order chi connectivity index (χ1) is 9.63. The Balaban J connectivity index is 2.17. The van der Waals surface area contributed by atoms with Crippen molar-refractivity contribution in [1.82, 2.24) is 0 Å². The third kappa shape index (κ3) is 3.44. The summed E-state index contributed by atoms with van der Waals surface area (Å²) in [5.41, 5.74) is 2.32. The third-order valence-electron chi connectivity index (χ3n) is 2.81. The summed E-state index contributed by atoms with van der Waals surface area (Å²) >= 11 is 9.35. The van der Waals surface area contributed by atoms with Crippen LogP contribution in [-0.4, -0.2) is 7.11 Å². The molecule has 2 aromatic carbocycles. The van der Waals surface area contributed by atoms with Crippen molar-refractivity contribution in [2.24, 2.45) is 0 Å². The number of anilines is 1. The summed E-state index contributed by atoms with van der Waals surface area (Å²) in [7, 11) is 1.64. The number of methoxy groups -OCH3 is 1. The molecule has 0 bridgehead atoms. The number of rotatable bonds is 4. The SMILES string of the molecule is COc1ccc(Br)cc1CNc1ccc(Cl)c(C#N)c1. The number of nitrogens with one attached hydrogen (secondary N) is 1. The number of nitrogens with zero attached hydrogens (tertiary/aromatic N) is 1. The molecule has 0 saturated carbocycles.